The highest BCUT2D eigenvalue weighted by atomic mass is 16.5. The van der Waals surface area contributed by atoms with Gasteiger partial charge in [0.15, 0.2) is 0 Å². The van der Waals surface area contributed by atoms with Crippen molar-refractivity contribution < 1.29 is 9.53 Å². The molecule has 0 spiro atoms. The van der Waals surface area contributed by atoms with Gasteiger partial charge in [0, 0.05) is 30.9 Å². The lowest BCUT2D eigenvalue weighted by molar-refractivity contribution is -0.118. The summed E-state index contributed by atoms with van der Waals surface area (Å²) in [4.78, 5) is 12.2. The molecule has 0 bridgehead atoms. The van der Waals surface area contributed by atoms with Crippen molar-refractivity contribution in [1.82, 2.24) is 10.6 Å². The van der Waals surface area contributed by atoms with Gasteiger partial charge in [0.25, 0.3) is 0 Å². The second kappa shape index (κ2) is 7.43. The first-order chi connectivity index (χ1) is 10.1. The Labute approximate surface area is 126 Å². The predicted octanol–water partition coefficient (Wildman–Crippen LogP) is 1.75. The van der Waals surface area contributed by atoms with E-state index in [1.165, 1.54) is 0 Å². The Morgan fingerprint density at radius 1 is 1.43 bits per heavy atom. The molecule has 0 saturated carbocycles. The minimum atomic E-state index is -0.194. The molecular formula is C16H25N3O2. The molecule has 1 amide bonds. The van der Waals surface area contributed by atoms with E-state index in [1.54, 1.807) is 0 Å². The summed E-state index contributed by atoms with van der Waals surface area (Å²) >= 11 is 0. The van der Waals surface area contributed by atoms with Crippen molar-refractivity contribution in [2.24, 2.45) is 0 Å². The van der Waals surface area contributed by atoms with Gasteiger partial charge < -0.3 is 20.7 Å². The van der Waals surface area contributed by atoms with Crippen LogP contribution in [-0.4, -0.2) is 37.2 Å². The number of hydrogen-bond acceptors (Lipinski definition) is 4. The lowest BCUT2D eigenvalue weighted by Crippen LogP contribution is -2.57. The maximum Gasteiger partial charge on any atom is 0.242 e. The van der Waals surface area contributed by atoms with Crippen molar-refractivity contribution in [3.8, 4) is 5.75 Å². The fourth-order valence-electron chi connectivity index (χ4n) is 2.16. The summed E-state index contributed by atoms with van der Waals surface area (Å²) in [6, 6.07) is 7.75. The van der Waals surface area contributed by atoms with Crippen molar-refractivity contribution in [2.75, 3.05) is 18.4 Å². The van der Waals surface area contributed by atoms with Gasteiger partial charge in [-0.1, -0.05) is 13.0 Å². The lowest BCUT2D eigenvalue weighted by Gasteiger charge is -2.28. The van der Waals surface area contributed by atoms with Gasteiger partial charge in [-0.05, 0) is 32.4 Å². The molecule has 5 heteroatoms. The van der Waals surface area contributed by atoms with Gasteiger partial charge in [-0.15, -0.1) is 0 Å². The minimum Gasteiger partial charge on any atom is -0.491 e. The van der Waals surface area contributed by atoms with Crippen LogP contribution in [-0.2, 0) is 4.79 Å². The summed E-state index contributed by atoms with van der Waals surface area (Å²) in [5, 5.41) is 9.47. The number of anilines is 1. The first-order valence-electron chi connectivity index (χ1n) is 7.63. The highest BCUT2D eigenvalue weighted by Crippen LogP contribution is 2.19. The van der Waals surface area contributed by atoms with Crippen LogP contribution < -0.4 is 20.7 Å². The Kier molecular flexibility index (Phi) is 5.59. The van der Waals surface area contributed by atoms with Crippen molar-refractivity contribution in [3.05, 3.63) is 24.3 Å². The number of piperazine rings is 1. The Morgan fingerprint density at radius 2 is 2.24 bits per heavy atom. The monoisotopic (exact) mass is 291 g/mol. The van der Waals surface area contributed by atoms with Crippen LogP contribution in [0.3, 0.4) is 0 Å². The standard InChI is InChI=1S/C16H25N3O2/c1-4-12(3)21-14-7-5-6-13(8-14)19-16(20)15-10-17-11(2)9-18-15/h5-8,11-12,15,17-18H,4,9-10H2,1-3H3,(H,19,20). The van der Waals surface area contributed by atoms with Gasteiger partial charge in [0.1, 0.15) is 5.75 Å². The number of amides is 1. The van der Waals surface area contributed by atoms with E-state index in [0.717, 1.165) is 24.4 Å². The highest BCUT2D eigenvalue weighted by molar-refractivity contribution is 5.95. The van der Waals surface area contributed by atoms with Crippen LogP contribution in [0.25, 0.3) is 0 Å². The van der Waals surface area contributed by atoms with Crippen molar-refractivity contribution in [1.29, 1.82) is 0 Å². The van der Waals surface area contributed by atoms with Gasteiger partial charge in [0.05, 0.1) is 12.1 Å². The molecule has 0 aliphatic carbocycles. The predicted molar refractivity (Wildman–Crippen MR) is 84.7 cm³/mol. The van der Waals surface area contributed by atoms with Gasteiger partial charge in [-0.2, -0.15) is 0 Å². The number of carbonyl (C=O) groups excluding carboxylic acids is 1. The molecule has 3 N–H and O–H groups in total. The SMILES string of the molecule is CCC(C)Oc1cccc(NC(=O)C2CNC(C)CN2)c1. The maximum absolute atomic E-state index is 12.2. The van der Waals surface area contributed by atoms with E-state index >= 15 is 0 Å². The topological polar surface area (TPSA) is 62.4 Å². The smallest absolute Gasteiger partial charge is 0.242 e. The third-order valence-corrected chi connectivity index (χ3v) is 3.67. The fraction of sp³-hybridized carbons (Fsp3) is 0.562. The fourth-order valence-corrected chi connectivity index (χ4v) is 2.16. The van der Waals surface area contributed by atoms with E-state index in [4.69, 9.17) is 4.74 Å². The summed E-state index contributed by atoms with van der Waals surface area (Å²) < 4.78 is 5.77. The highest BCUT2D eigenvalue weighted by Gasteiger charge is 2.23. The van der Waals surface area contributed by atoms with E-state index in [9.17, 15) is 4.79 Å². The Bertz CT molecular complexity index is 470. The average molecular weight is 291 g/mol. The molecule has 1 saturated heterocycles. The molecule has 0 radical (unpaired) electrons. The average Bonchev–Trinajstić information content (AvgIpc) is 2.48. The Balaban J connectivity index is 1.93. The molecule has 1 fully saturated rings. The van der Waals surface area contributed by atoms with Crippen molar-refractivity contribution in [2.45, 2.75) is 45.4 Å². The van der Waals surface area contributed by atoms with Crippen LogP contribution in [0.5, 0.6) is 5.75 Å². The van der Waals surface area contributed by atoms with Gasteiger partial charge in [0.2, 0.25) is 5.91 Å². The zero-order chi connectivity index (χ0) is 15.2. The summed E-state index contributed by atoms with van der Waals surface area (Å²) in [7, 11) is 0. The summed E-state index contributed by atoms with van der Waals surface area (Å²) in [5.41, 5.74) is 0.765. The maximum atomic E-state index is 12.2. The van der Waals surface area contributed by atoms with Crippen LogP contribution >= 0.6 is 0 Å². The van der Waals surface area contributed by atoms with Crippen LogP contribution in [0.1, 0.15) is 27.2 Å². The van der Waals surface area contributed by atoms with Crippen LogP contribution in [0, 0.1) is 0 Å². The van der Waals surface area contributed by atoms with E-state index in [-0.39, 0.29) is 18.1 Å². The van der Waals surface area contributed by atoms with Crippen molar-refractivity contribution in [3.63, 3.8) is 0 Å². The van der Waals surface area contributed by atoms with E-state index in [0.29, 0.717) is 12.6 Å². The Morgan fingerprint density at radius 3 is 2.90 bits per heavy atom. The minimum absolute atomic E-state index is 0.0184. The van der Waals surface area contributed by atoms with E-state index in [2.05, 4.69) is 29.8 Å². The number of rotatable bonds is 5. The molecule has 1 aromatic carbocycles. The van der Waals surface area contributed by atoms with Crippen LogP contribution in [0.2, 0.25) is 0 Å². The third-order valence-electron chi connectivity index (χ3n) is 3.67. The van der Waals surface area contributed by atoms with Gasteiger partial charge in [-0.3, -0.25) is 4.79 Å². The molecule has 5 nitrogen and oxygen atoms in total. The van der Waals surface area contributed by atoms with Gasteiger partial charge in [-0.25, -0.2) is 0 Å². The molecule has 1 heterocycles. The first kappa shape index (κ1) is 15.8. The molecular weight excluding hydrogens is 266 g/mol. The number of carbonyl (C=O) groups is 1. The summed E-state index contributed by atoms with van der Waals surface area (Å²) in [5.74, 6) is 0.764. The molecule has 21 heavy (non-hydrogen) atoms. The van der Waals surface area contributed by atoms with Gasteiger partial charge >= 0.3 is 0 Å². The second-order valence-corrected chi connectivity index (χ2v) is 5.62. The number of ether oxygens (including phenoxy) is 1. The zero-order valence-corrected chi connectivity index (χ0v) is 13.0. The van der Waals surface area contributed by atoms with Crippen LogP contribution in [0.4, 0.5) is 5.69 Å². The molecule has 2 rings (SSSR count). The molecule has 116 valence electrons. The second-order valence-electron chi connectivity index (χ2n) is 5.62. The third kappa shape index (κ3) is 4.72. The van der Waals surface area contributed by atoms with Crippen LogP contribution in [0.15, 0.2) is 24.3 Å². The number of hydrogen-bond donors (Lipinski definition) is 3. The number of nitrogens with one attached hydrogen (secondary N) is 3. The van der Waals surface area contributed by atoms with E-state index < -0.39 is 0 Å². The molecule has 3 atom stereocenters. The molecule has 1 aliphatic rings. The Hall–Kier alpha value is -1.59. The number of benzene rings is 1. The summed E-state index contributed by atoms with van der Waals surface area (Å²) in [6.45, 7) is 7.66. The largest absolute Gasteiger partial charge is 0.491 e. The lowest BCUT2D eigenvalue weighted by atomic mass is 10.1. The summed E-state index contributed by atoms with van der Waals surface area (Å²) in [6.07, 6.45) is 1.12. The normalized spacial score (nSPS) is 23.4. The molecule has 0 aromatic heterocycles. The first-order valence-corrected chi connectivity index (χ1v) is 7.63. The van der Waals surface area contributed by atoms with Crippen molar-refractivity contribution >= 4 is 11.6 Å². The molecule has 3 unspecified atom stereocenters. The molecule has 1 aromatic rings. The molecule has 1 aliphatic heterocycles. The van der Waals surface area contributed by atoms with E-state index in [1.807, 2.05) is 31.2 Å². The zero-order valence-electron chi connectivity index (χ0n) is 13.0. The quantitative estimate of drug-likeness (QED) is 0.773.